The molecular weight excluding hydrogens is 311 g/mol. The molecule has 0 aliphatic carbocycles. The van der Waals surface area contributed by atoms with Crippen molar-refractivity contribution in [3.63, 3.8) is 0 Å². The summed E-state index contributed by atoms with van der Waals surface area (Å²) in [6, 6.07) is 0. The summed E-state index contributed by atoms with van der Waals surface area (Å²) in [6.45, 7) is 0. The molecule has 0 amide bonds. The van der Waals surface area contributed by atoms with Crippen molar-refractivity contribution < 1.29 is 23.3 Å². The zero-order valence-electron chi connectivity index (χ0n) is 3.93. The van der Waals surface area contributed by atoms with Gasteiger partial charge in [0.2, 0.25) is 0 Å². The molecule has 0 saturated carbocycles. The van der Waals surface area contributed by atoms with E-state index in [-0.39, 0.29) is 0 Å². The molecule has 53 valence electrons. The molecule has 0 unspecified atom stereocenters. The van der Waals surface area contributed by atoms with Crippen molar-refractivity contribution in [1.29, 1.82) is 0 Å². The van der Waals surface area contributed by atoms with Crippen LogP contribution in [0.1, 0.15) is 0 Å². The predicted octanol–water partition coefficient (Wildman–Crippen LogP) is 0.377. The number of nitrogens with zero attached hydrogens (tertiary/aromatic N) is 5. The van der Waals surface area contributed by atoms with E-state index in [1.165, 1.54) is 0 Å². The Hall–Kier alpha value is -0.660. The number of hydrogen-bond acceptors (Lipinski definition) is 6. The van der Waals surface area contributed by atoms with Crippen molar-refractivity contribution in [2.45, 2.75) is 4.38 Å². The summed E-state index contributed by atoms with van der Waals surface area (Å²) >= 11 is -1.13. The SMILES string of the molecule is O=[N+]([O-])[Au][CH]1N=NN=N1. The van der Waals surface area contributed by atoms with Crippen LogP contribution in [-0.2, 0) is 20.0 Å². The summed E-state index contributed by atoms with van der Waals surface area (Å²) in [4.78, 5) is 9.80. The van der Waals surface area contributed by atoms with Gasteiger partial charge >= 0.3 is 58.5 Å². The summed E-state index contributed by atoms with van der Waals surface area (Å²) in [5.74, 6) is 0. The first-order valence-electron chi connectivity index (χ1n) is 1.79. The molecule has 0 bridgehead atoms. The van der Waals surface area contributed by atoms with Gasteiger partial charge in [0.1, 0.15) is 0 Å². The Kier molecular flexibility index (Phi) is 1.98. The molecule has 1 aliphatic heterocycles. The molecule has 7 nitrogen and oxygen atoms in total. The molecule has 0 fully saturated rings. The normalized spacial score (nSPS) is 17.3. The molecule has 1 heterocycles. The fourth-order valence-corrected chi connectivity index (χ4v) is 1.09. The Labute approximate surface area is 59.0 Å². The Morgan fingerprint density at radius 1 is 1.44 bits per heavy atom. The second-order valence-corrected chi connectivity index (χ2v) is 3.41. The van der Waals surface area contributed by atoms with Crippen molar-refractivity contribution >= 4 is 0 Å². The monoisotopic (exact) mass is 312 g/mol. The number of rotatable bonds is 2. The van der Waals surface area contributed by atoms with E-state index in [1.54, 1.807) is 0 Å². The van der Waals surface area contributed by atoms with E-state index in [1.807, 2.05) is 0 Å². The van der Waals surface area contributed by atoms with Gasteiger partial charge in [0, 0.05) is 0 Å². The van der Waals surface area contributed by atoms with E-state index in [0.29, 0.717) is 0 Å². The van der Waals surface area contributed by atoms with E-state index >= 15 is 0 Å². The zero-order valence-corrected chi connectivity index (χ0v) is 6.10. The molecule has 0 aromatic heterocycles. The summed E-state index contributed by atoms with van der Waals surface area (Å²) in [7, 11) is 0. The van der Waals surface area contributed by atoms with Crippen LogP contribution in [0, 0.1) is 10.1 Å². The molecule has 0 radical (unpaired) electrons. The first-order valence-corrected chi connectivity index (χ1v) is 4.01. The van der Waals surface area contributed by atoms with Crippen LogP contribution in [0.4, 0.5) is 0 Å². The molecule has 8 heteroatoms. The van der Waals surface area contributed by atoms with Gasteiger partial charge in [0.25, 0.3) is 0 Å². The Morgan fingerprint density at radius 3 is 2.44 bits per heavy atom. The summed E-state index contributed by atoms with van der Waals surface area (Å²) in [5, 5.41) is 22.8. The van der Waals surface area contributed by atoms with E-state index in [2.05, 4.69) is 20.7 Å². The average molecular weight is 312 g/mol. The number of nitro groups is 1. The summed E-state index contributed by atoms with van der Waals surface area (Å²) in [6.07, 6.45) is 0. The van der Waals surface area contributed by atoms with Gasteiger partial charge in [-0.2, -0.15) is 0 Å². The molecular formula is CHAuN5O2. The Bertz CT molecular complexity index is 164. The van der Waals surface area contributed by atoms with Crippen molar-refractivity contribution in [3.8, 4) is 0 Å². The molecule has 0 aromatic carbocycles. The minimum absolute atomic E-state index is 0.409. The third kappa shape index (κ3) is 1.96. The Balaban J connectivity index is 2.37. The molecule has 9 heavy (non-hydrogen) atoms. The standard InChI is InChI=1S/CHN4.Au.NO2/c1-2-4-5-3-1;;2-1-3/h1H;;. The third-order valence-electron chi connectivity index (χ3n) is 0.449. The van der Waals surface area contributed by atoms with Crippen LogP contribution in [0.25, 0.3) is 0 Å². The van der Waals surface area contributed by atoms with Gasteiger partial charge in [-0.1, -0.05) is 0 Å². The van der Waals surface area contributed by atoms with Crippen LogP contribution in [0.2, 0.25) is 0 Å². The van der Waals surface area contributed by atoms with Crippen LogP contribution < -0.4 is 0 Å². The van der Waals surface area contributed by atoms with Crippen molar-refractivity contribution in [1.82, 2.24) is 0 Å². The first-order chi connectivity index (χ1) is 4.29. The maximum absolute atomic E-state index is 9.80. The summed E-state index contributed by atoms with van der Waals surface area (Å²) < 4.78 is -1.01. The molecule has 0 saturated heterocycles. The van der Waals surface area contributed by atoms with Gasteiger partial charge in [-0.05, 0) is 0 Å². The fraction of sp³-hybridized carbons (Fsp3) is 1.00. The quantitative estimate of drug-likeness (QED) is 0.419. The van der Waals surface area contributed by atoms with Crippen molar-refractivity contribution in [2.24, 2.45) is 20.7 Å². The van der Waals surface area contributed by atoms with Gasteiger partial charge in [-0.25, -0.2) is 0 Å². The average Bonchev–Trinajstić information content (AvgIpc) is 2.15. The van der Waals surface area contributed by atoms with Crippen LogP contribution >= 0.6 is 0 Å². The second kappa shape index (κ2) is 2.76. The van der Waals surface area contributed by atoms with Gasteiger partial charge in [-0.15, -0.1) is 0 Å². The third-order valence-corrected chi connectivity index (χ3v) is 1.91. The molecule has 0 aromatic rings. The van der Waals surface area contributed by atoms with E-state index in [0.717, 1.165) is 0 Å². The van der Waals surface area contributed by atoms with Crippen LogP contribution in [0.15, 0.2) is 20.7 Å². The van der Waals surface area contributed by atoms with E-state index in [9.17, 15) is 10.1 Å². The molecule has 0 atom stereocenters. The molecule has 1 rings (SSSR count). The van der Waals surface area contributed by atoms with Gasteiger partial charge in [0.05, 0.1) is 0 Å². The predicted molar refractivity (Wildman–Crippen MR) is 20.5 cm³/mol. The van der Waals surface area contributed by atoms with E-state index in [4.69, 9.17) is 0 Å². The van der Waals surface area contributed by atoms with Gasteiger partial charge < -0.3 is 0 Å². The van der Waals surface area contributed by atoms with Crippen LogP contribution in [-0.4, -0.2) is 7.71 Å². The van der Waals surface area contributed by atoms with Crippen molar-refractivity contribution in [2.75, 3.05) is 0 Å². The van der Waals surface area contributed by atoms with Gasteiger partial charge in [0.15, 0.2) is 0 Å². The maximum atomic E-state index is 9.80. The molecule has 0 spiro atoms. The zero-order chi connectivity index (χ0) is 6.69. The molecule has 1 aliphatic rings. The van der Waals surface area contributed by atoms with Crippen LogP contribution in [0.5, 0.6) is 0 Å². The summed E-state index contributed by atoms with van der Waals surface area (Å²) in [5.41, 5.74) is 0. The Morgan fingerprint density at radius 2 is 2.00 bits per heavy atom. The van der Waals surface area contributed by atoms with Crippen molar-refractivity contribution in [3.05, 3.63) is 10.1 Å². The van der Waals surface area contributed by atoms with Crippen LogP contribution in [0.3, 0.4) is 0 Å². The van der Waals surface area contributed by atoms with Gasteiger partial charge in [-0.3, -0.25) is 0 Å². The fourth-order valence-electron chi connectivity index (χ4n) is 0.235. The molecule has 0 N–H and O–H groups in total. The topological polar surface area (TPSA) is 92.6 Å². The second-order valence-electron chi connectivity index (χ2n) is 0.943. The minimum atomic E-state index is -1.13. The number of hydrogen-bond donors (Lipinski definition) is 0. The first kappa shape index (κ1) is 6.46. The van der Waals surface area contributed by atoms with E-state index < -0.39 is 27.7 Å².